The number of amides is 2. The summed E-state index contributed by atoms with van der Waals surface area (Å²) < 4.78 is 4.91. The summed E-state index contributed by atoms with van der Waals surface area (Å²) in [6.07, 6.45) is 1.73. The summed E-state index contributed by atoms with van der Waals surface area (Å²) in [5.41, 5.74) is -0.0855. The van der Waals surface area contributed by atoms with E-state index >= 15 is 0 Å². The topological polar surface area (TPSA) is 112 Å². The second kappa shape index (κ2) is 9.75. The number of hydrogen-bond acceptors (Lipinski definition) is 7. The molecule has 32 heavy (non-hydrogen) atoms. The highest BCUT2D eigenvalue weighted by atomic mass is 32.1. The van der Waals surface area contributed by atoms with Crippen LogP contribution in [0, 0.1) is 16.7 Å². The Kier molecular flexibility index (Phi) is 7.64. The molecule has 0 bridgehead atoms. The van der Waals surface area contributed by atoms with Gasteiger partial charge in [0, 0.05) is 42.8 Å². The van der Waals surface area contributed by atoms with E-state index in [1.807, 2.05) is 25.7 Å². The third-order valence-corrected chi connectivity index (χ3v) is 8.92. The van der Waals surface area contributed by atoms with Gasteiger partial charge in [-0.15, -0.1) is 11.3 Å². The van der Waals surface area contributed by atoms with Crippen LogP contribution in [0.25, 0.3) is 0 Å². The maximum Gasteiger partial charge on any atom is 0.252 e. The largest absolute Gasteiger partial charge is 0.396 e. The minimum atomic E-state index is -0.662. The van der Waals surface area contributed by atoms with Gasteiger partial charge in [0.25, 0.3) is 5.91 Å². The molecule has 8 nitrogen and oxygen atoms in total. The molecule has 1 aromatic rings. The van der Waals surface area contributed by atoms with Gasteiger partial charge in [-0.05, 0) is 44.4 Å². The molecular formula is C23H37N3O5S. The van der Waals surface area contributed by atoms with Crippen LogP contribution in [0.5, 0.6) is 0 Å². The number of aliphatic hydroxyl groups excluding tert-OH is 2. The molecule has 3 rings (SSSR count). The number of hydrogen-bond donors (Lipinski definition) is 3. The van der Waals surface area contributed by atoms with E-state index in [0.717, 1.165) is 17.0 Å². The number of nitrogens with zero attached hydrogens (tertiary/aromatic N) is 2. The van der Waals surface area contributed by atoms with E-state index in [9.17, 15) is 19.8 Å². The molecule has 2 amide bonds. The minimum Gasteiger partial charge on any atom is -0.396 e. The van der Waals surface area contributed by atoms with Crippen LogP contribution in [-0.2, 0) is 20.7 Å². The lowest BCUT2D eigenvalue weighted by Gasteiger charge is -2.58. The average molecular weight is 468 g/mol. The van der Waals surface area contributed by atoms with Crippen molar-refractivity contribution in [3.8, 4) is 0 Å². The molecule has 1 heterocycles. The van der Waals surface area contributed by atoms with Gasteiger partial charge in [-0.2, -0.15) is 0 Å². The Labute approximate surface area is 194 Å². The maximum absolute atomic E-state index is 13.2. The van der Waals surface area contributed by atoms with Crippen LogP contribution in [0.2, 0.25) is 0 Å². The lowest BCUT2D eigenvalue weighted by molar-refractivity contribution is -0.147. The summed E-state index contributed by atoms with van der Waals surface area (Å²) in [4.78, 5) is 32.9. The molecule has 2 aliphatic rings. The Morgan fingerprint density at radius 2 is 2.00 bits per heavy atom. The Hall–Kier alpha value is -1.55. The number of aromatic nitrogens is 1. The normalized spacial score (nSPS) is 31.5. The highest BCUT2D eigenvalue weighted by Gasteiger charge is 2.59. The Morgan fingerprint density at radius 3 is 2.59 bits per heavy atom. The summed E-state index contributed by atoms with van der Waals surface area (Å²) in [6.45, 7) is 9.23. The zero-order chi connectivity index (χ0) is 23.7. The van der Waals surface area contributed by atoms with Crippen molar-refractivity contribution in [1.82, 2.24) is 9.88 Å². The lowest BCUT2D eigenvalue weighted by Crippen LogP contribution is -2.57. The molecule has 0 spiro atoms. The van der Waals surface area contributed by atoms with Crippen molar-refractivity contribution in [2.24, 2.45) is 16.7 Å². The monoisotopic (exact) mass is 467 g/mol. The van der Waals surface area contributed by atoms with Gasteiger partial charge in [-0.1, -0.05) is 13.8 Å². The number of carbonyl (C=O) groups is 2. The van der Waals surface area contributed by atoms with Gasteiger partial charge in [-0.3, -0.25) is 14.9 Å². The van der Waals surface area contributed by atoms with Crippen LogP contribution >= 0.6 is 11.3 Å². The predicted molar refractivity (Wildman–Crippen MR) is 124 cm³/mol. The first-order valence-corrected chi connectivity index (χ1v) is 12.3. The fourth-order valence-corrected chi connectivity index (χ4v) is 6.95. The fraction of sp³-hybridized carbons (Fsp3) is 0.783. The third-order valence-electron chi connectivity index (χ3n) is 7.91. The fourth-order valence-electron chi connectivity index (χ4n) is 5.87. The first-order chi connectivity index (χ1) is 15.1. The number of methoxy groups -OCH3 is 1. The molecule has 9 heteroatoms. The molecule has 0 saturated heterocycles. The van der Waals surface area contributed by atoms with Crippen molar-refractivity contribution in [2.45, 2.75) is 65.4 Å². The molecule has 0 aliphatic heterocycles. The Morgan fingerprint density at radius 1 is 1.31 bits per heavy atom. The number of rotatable bonds is 8. The number of carbonyl (C=O) groups excluding carboxylic acids is 2. The summed E-state index contributed by atoms with van der Waals surface area (Å²) in [6, 6.07) is 0. The van der Waals surface area contributed by atoms with Gasteiger partial charge in [-0.25, -0.2) is 4.98 Å². The van der Waals surface area contributed by atoms with E-state index in [-0.39, 0.29) is 42.3 Å². The molecule has 1 fully saturated rings. The number of ether oxygens (including phenoxy) is 1. The molecule has 1 aromatic heterocycles. The maximum atomic E-state index is 13.2. The van der Waals surface area contributed by atoms with Crippen LogP contribution in [0.4, 0.5) is 5.13 Å². The average Bonchev–Trinajstić information content (AvgIpc) is 3.15. The second-order valence-corrected chi connectivity index (χ2v) is 10.7. The molecule has 180 valence electrons. The molecule has 0 radical (unpaired) electrons. The second-order valence-electron chi connectivity index (χ2n) is 9.61. The van der Waals surface area contributed by atoms with Crippen LogP contribution in [0.3, 0.4) is 0 Å². The molecule has 5 atom stereocenters. The van der Waals surface area contributed by atoms with Crippen LogP contribution in [0.1, 0.15) is 63.4 Å². The molecule has 1 saturated carbocycles. The number of aliphatic hydroxyl groups is 2. The minimum absolute atomic E-state index is 0.00581. The first-order valence-electron chi connectivity index (χ1n) is 11.5. The van der Waals surface area contributed by atoms with E-state index in [1.54, 1.807) is 0 Å². The number of fused-ring (bicyclic) bond motifs is 2. The summed E-state index contributed by atoms with van der Waals surface area (Å²) in [7, 11) is 1.47. The van der Waals surface area contributed by atoms with Gasteiger partial charge in [0.05, 0.1) is 18.4 Å². The zero-order valence-electron chi connectivity index (χ0n) is 19.8. The predicted octanol–water partition coefficient (Wildman–Crippen LogP) is 2.40. The van der Waals surface area contributed by atoms with Crippen molar-refractivity contribution in [1.29, 1.82) is 0 Å². The number of nitrogens with one attached hydrogen (secondary N) is 1. The van der Waals surface area contributed by atoms with E-state index in [4.69, 9.17) is 9.72 Å². The highest BCUT2D eigenvalue weighted by Crippen LogP contribution is 2.62. The van der Waals surface area contributed by atoms with Gasteiger partial charge in [0.2, 0.25) is 5.91 Å². The van der Waals surface area contributed by atoms with E-state index in [2.05, 4.69) is 12.2 Å². The standard InChI is InChI=1S/C23H37N3O5S/c1-6-26(7-2)19(30)10-14-20-15(32-21(25-20)24-18(29)12-31-5)11-16-22(14,3)9-8-17(28)23(16,4)13-27/h14,16-17,27-28H,6-13H2,1-5H3,(H,24,25,29)/t14-,16+,17-,22+,23+/m1/s1. The molecule has 2 aliphatic carbocycles. The Balaban J connectivity index is 2.04. The van der Waals surface area contributed by atoms with Gasteiger partial charge in [0.15, 0.2) is 5.13 Å². The van der Waals surface area contributed by atoms with E-state index < -0.39 is 11.5 Å². The summed E-state index contributed by atoms with van der Waals surface area (Å²) >= 11 is 1.42. The third kappa shape index (κ3) is 4.32. The van der Waals surface area contributed by atoms with Crippen LogP contribution in [0.15, 0.2) is 0 Å². The molecule has 0 aromatic carbocycles. The lowest BCUT2D eigenvalue weighted by atomic mass is 9.47. The van der Waals surface area contributed by atoms with Gasteiger partial charge < -0.3 is 19.8 Å². The van der Waals surface area contributed by atoms with Crippen molar-refractivity contribution >= 4 is 28.3 Å². The first kappa shape index (κ1) is 25.1. The van der Waals surface area contributed by atoms with Crippen molar-refractivity contribution in [2.75, 3.05) is 38.7 Å². The van der Waals surface area contributed by atoms with Crippen molar-refractivity contribution < 1.29 is 24.5 Å². The SMILES string of the molecule is CCN(CC)C(=O)C[C@@H]1c2nc(NC(=O)COC)sc2C[C@@H]2[C@](C)(CO)[C@H](O)CC[C@]21C. The van der Waals surface area contributed by atoms with Crippen molar-refractivity contribution in [3.63, 3.8) is 0 Å². The zero-order valence-corrected chi connectivity index (χ0v) is 20.6. The van der Waals surface area contributed by atoms with Gasteiger partial charge >= 0.3 is 0 Å². The van der Waals surface area contributed by atoms with Gasteiger partial charge in [0.1, 0.15) is 6.61 Å². The summed E-state index contributed by atoms with van der Waals surface area (Å²) in [5.74, 6) is -0.336. The molecule has 0 unspecified atom stereocenters. The highest BCUT2D eigenvalue weighted by molar-refractivity contribution is 7.15. The quantitative estimate of drug-likeness (QED) is 0.541. The molecular weight excluding hydrogens is 430 g/mol. The number of thiazole rings is 1. The van der Waals surface area contributed by atoms with Crippen molar-refractivity contribution in [3.05, 3.63) is 10.6 Å². The van der Waals surface area contributed by atoms with Crippen LogP contribution in [-0.4, -0.2) is 71.4 Å². The smallest absolute Gasteiger partial charge is 0.252 e. The van der Waals surface area contributed by atoms with Crippen LogP contribution < -0.4 is 5.32 Å². The Bertz CT molecular complexity index is 842. The molecule has 3 N–H and O–H groups in total. The number of anilines is 1. The summed E-state index contributed by atoms with van der Waals surface area (Å²) in [5, 5.41) is 24.5. The van der Waals surface area contributed by atoms with E-state index in [1.165, 1.54) is 18.4 Å². The van der Waals surface area contributed by atoms with E-state index in [0.29, 0.717) is 37.5 Å².